The number of aromatic nitrogens is 4. The van der Waals surface area contributed by atoms with Gasteiger partial charge < -0.3 is 4.74 Å². The maximum absolute atomic E-state index is 13.6. The van der Waals surface area contributed by atoms with Gasteiger partial charge in [-0.3, -0.25) is 15.0 Å². The first-order valence-corrected chi connectivity index (χ1v) is 11.1. The van der Waals surface area contributed by atoms with Crippen LogP contribution in [-0.4, -0.2) is 57.2 Å². The normalized spacial score (nSPS) is 11.4. The zero-order valence-electron chi connectivity index (χ0n) is 18.1. The number of nitrogens with zero attached hydrogens (tertiary/aromatic N) is 5. The molecule has 0 saturated heterocycles. The van der Waals surface area contributed by atoms with Crippen LogP contribution >= 0.6 is 11.3 Å². The molecule has 0 unspecified atom stereocenters. The van der Waals surface area contributed by atoms with Gasteiger partial charge in [-0.15, -0.1) is 11.3 Å². The van der Waals surface area contributed by atoms with Gasteiger partial charge in [0.2, 0.25) is 0 Å². The van der Waals surface area contributed by atoms with Crippen LogP contribution in [0.3, 0.4) is 0 Å². The van der Waals surface area contributed by atoms with Gasteiger partial charge >= 0.3 is 0 Å². The summed E-state index contributed by atoms with van der Waals surface area (Å²) in [7, 11) is 1.97. The smallest absolute Gasteiger partial charge is 0.277 e. The highest BCUT2D eigenvalue weighted by Gasteiger charge is 2.16. The van der Waals surface area contributed by atoms with Crippen LogP contribution in [0.25, 0.3) is 16.9 Å². The maximum atomic E-state index is 13.6. The molecule has 1 aromatic carbocycles. The molecule has 1 N–H and O–H groups in total. The van der Waals surface area contributed by atoms with E-state index in [0.717, 1.165) is 18.3 Å². The summed E-state index contributed by atoms with van der Waals surface area (Å²) >= 11 is 1.32. The average Bonchev–Trinajstić information content (AvgIpc) is 3.39. The second kappa shape index (κ2) is 10.1. The molecule has 0 spiro atoms. The third-order valence-corrected chi connectivity index (χ3v) is 5.59. The first-order valence-electron chi connectivity index (χ1n) is 10.3. The largest absolute Gasteiger partial charge is 0.380 e. The van der Waals surface area contributed by atoms with Crippen molar-refractivity contribution in [3.05, 3.63) is 64.9 Å². The summed E-state index contributed by atoms with van der Waals surface area (Å²) in [5.74, 6) is -1.86. The molecule has 3 heterocycles. The number of fused-ring (bicyclic) bond motifs is 1. The Bertz CT molecular complexity index is 1250. The second-order valence-electron chi connectivity index (χ2n) is 7.32. The average molecular weight is 473 g/mol. The summed E-state index contributed by atoms with van der Waals surface area (Å²) in [5.41, 5.74) is 2.00. The standard InChI is InChI=1S/C22H22F2N6O2S/c1-3-32-7-6-29(2)12-17-13-33-22(26-17)27-21(31)19-11-25-20-5-4-18(28-30(19)20)14-8-15(23)10-16(24)9-14/h4-5,8-11,13H,3,6-7,12H2,1-2H3,(H,26,27,31). The van der Waals surface area contributed by atoms with Crippen LogP contribution in [0.4, 0.5) is 13.9 Å². The van der Waals surface area contributed by atoms with E-state index in [4.69, 9.17) is 4.74 Å². The van der Waals surface area contributed by atoms with Gasteiger partial charge in [0.1, 0.15) is 11.6 Å². The molecule has 0 aliphatic heterocycles. The topological polar surface area (TPSA) is 84.6 Å². The summed E-state index contributed by atoms with van der Waals surface area (Å²) in [6.45, 7) is 4.69. The fraction of sp³-hybridized carbons (Fsp3) is 0.273. The number of thiazole rings is 1. The third kappa shape index (κ3) is 5.56. The van der Waals surface area contributed by atoms with Crippen LogP contribution in [0, 0.1) is 11.6 Å². The lowest BCUT2D eigenvalue weighted by molar-refractivity contribution is 0.102. The van der Waals surface area contributed by atoms with Crippen LogP contribution in [0.5, 0.6) is 0 Å². The van der Waals surface area contributed by atoms with Crippen LogP contribution in [0.1, 0.15) is 23.1 Å². The number of imidazole rings is 1. The minimum atomic E-state index is -0.710. The number of halogens is 2. The van der Waals surface area contributed by atoms with Gasteiger partial charge in [0.05, 0.1) is 24.2 Å². The molecule has 33 heavy (non-hydrogen) atoms. The van der Waals surface area contributed by atoms with E-state index >= 15 is 0 Å². The maximum Gasteiger partial charge on any atom is 0.277 e. The Morgan fingerprint density at radius 3 is 2.79 bits per heavy atom. The number of benzene rings is 1. The van der Waals surface area contributed by atoms with E-state index in [9.17, 15) is 13.6 Å². The molecule has 0 bridgehead atoms. The number of amides is 1. The van der Waals surface area contributed by atoms with Crippen molar-refractivity contribution in [1.29, 1.82) is 0 Å². The third-order valence-electron chi connectivity index (χ3n) is 4.78. The molecule has 4 rings (SSSR count). The minimum Gasteiger partial charge on any atom is -0.380 e. The van der Waals surface area contributed by atoms with Gasteiger partial charge in [-0.1, -0.05) is 0 Å². The van der Waals surface area contributed by atoms with Crippen LogP contribution < -0.4 is 5.32 Å². The van der Waals surface area contributed by atoms with Crippen molar-refractivity contribution in [3.8, 4) is 11.3 Å². The number of hydrogen-bond donors (Lipinski definition) is 1. The highest BCUT2D eigenvalue weighted by Crippen LogP contribution is 2.21. The molecule has 0 atom stereocenters. The molecule has 11 heteroatoms. The molecule has 0 saturated carbocycles. The predicted molar refractivity (Wildman–Crippen MR) is 121 cm³/mol. The van der Waals surface area contributed by atoms with Crippen molar-refractivity contribution in [2.24, 2.45) is 0 Å². The van der Waals surface area contributed by atoms with Crippen molar-refractivity contribution in [2.75, 3.05) is 32.1 Å². The number of rotatable bonds is 9. The van der Waals surface area contributed by atoms with E-state index in [1.807, 2.05) is 19.4 Å². The van der Waals surface area contributed by atoms with Crippen LogP contribution in [0.2, 0.25) is 0 Å². The molecule has 0 fully saturated rings. The number of nitrogens with one attached hydrogen (secondary N) is 1. The van der Waals surface area contributed by atoms with E-state index in [1.54, 1.807) is 12.1 Å². The summed E-state index contributed by atoms with van der Waals surface area (Å²) in [5, 5.41) is 9.45. The fourth-order valence-electron chi connectivity index (χ4n) is 3.20. The van der Waals surface area contributed by atoms with E-state index in [-0.39, 0.29) is 11.3 Å². The fourth-order valence-corrected chi connectivity index (χ4v) is 3.90. The quantitative estimate of drug-likeness (QED) is 0.373. The molecule has 0 aliphatic rings. The first-order chi connectivity index (χ1) is 15.9. The summed E-state index contributed by atoms with van der Waals surface area (Å²) < 4.78 is 33.9. The first kappa shape index (κ1) is 22.9. The van der Waals surface area contributed by atoms with Gasteiger partial charge in [0.15, 0.2) is 16.5 Å². The molecule has 4 aromatic rings. The molecule has 0 radical (unpaired) electrons. The Labute approximate surface area is 192 Å². The van der Waals surface area contributed by atoms with Gasteiger partial charge in [-0.25, -0.2) is 23.3 Å². The van der Waals surface area contributed by atoms with Gasteiger partial charge in [-0.05, 0) is 38.2 Å². The molecule has 172 valence electrons. The number of carbonyl (C=O) groups is 1. The van der Waals surface area contributed by atoms with Crippen molar-refractivity contribution in [3.63, 3.8) is 0 Å². The zero-order valence-corrected chi connectivity index (χ0v) is 18.9. The summed E-state index contributed by atoms with van der Waals surface area (Å²) in [6, 6.07) is 6.36. The van der Waals surface area contributed by atoms with Crippen molar-refractivity contribution in [2.45, 2.75) is 13.5 Å². The molecular weight excluding hydrogens is 450 g/mol. The summed E-state index contributed by atoms with van der Waals surface area (Å²) in [6.07, 6.45) is 1.39. The second-order valence-corrected chi connectivity index (χ2v) is 8.18. The zero-order chi connectivity index (χ0) is 23.4. The Morgan fingerprint density at radius 2 is 2.03 bits per heavy atom. The van der Waals surface area contributed by atoms with E-state index < -0.39 is 17.5 Å². The monoisotopic (exact) mass is 472 g/mol. The molecule has 3 aromatic heterocycles. The predicted octanol–water partition coefficient (Wildman–Crippen LogP) is 3.85. The van der Waals surface area contributed by atoms with Gasteiger partial charge in [0.25, 0.3) is 5.91 Å². The van der Waals surface area contributed by atoms with E-state index in [2.05, 4.69) is 25.3 Å². The number of hydrogen-bond acceptors (Lipinski definition) is 7. The molecular formula is C22H22F2N6O2S. The Hall–Kier alpha value is -3.28. The van der Waals surface area contributed by atoms with Crippen molar-refractivity contribution < 1.29 is 18.3 Å². The number of carbonyl (C=O) groups excluding carboxylic acids is 1. The highest BCUT2D eigenvalue weighted by molar-refractivity contribution is 7.13. The lowest BCUT2D eigenvalue weighted by Gasteiger charge is -2.14. The number of anilines is 1. The van der Waals surface area contributed by atoms with Crippen LogP contribution in [0.15, 0.2) is 41.9 Å². The summed E-state index contributed by atoms with van der Waals surface area (Å²) in [4.78, 5) is 23.6. The van der Waals surface area contributed by atoms with Gasteiger partial charge in [0, 0.05) is 36.7 Å². The minimum absolute atomic E-state index is 0.175. The molecule has 0 aliphatic carbocycles. The van der Waals surface area contributed by atoms with E-state index in [1.165, 1.54) is 34.2 Å². The SMILES string of the molecule is CCOCCN(C)Cc1csc(NC(=O)c2cnc3ccc(-c4cc(F)cc(F)c4)nn23)n1. The highest BCUT2D eigenvalue weighted by atomic mass is 32.1. The van der Waals surface area contributed by atoms with E-state index in [0.29, 0.717) is 36.2 Å². The Balaban J connectivity index is 1.49. The molecule has 1 amide bonds. The van der Waals surface area contributed by atoms with Crippen molar-refractivity contribution in [1.82, 2.24) is 24.5 Å². The van der Waals surface area contributed by atoms with Crippen LogP contribution in [-0.2, 0) is 11.3 Å². The lowest BCUT2D eigenvalue weighted by atomic mass is 10.1. The number of likely N-dealkylation sites (N-methyl/N-ethyl adjacent to an activating group) is 1. The van der Waals surface area contributed by atoms with Crippen molar-refractivity contribution >= 4 is 28.0 Å². The lowest BCUT2D eigenvalue weighted by Crippen LogP contribution is -2.23. The molecule has 8 nitrogen and oxygen atoms in total. The Morgan fingerprint density at radius 1 is 1.24 bits per heavy atom. The number of ether oxygens (including phenoxy) is 1. The Kier molecular flexibility index (Phi) is 7.02. The van der Waals surface area contributed by atoms with Gasteiger partial charge in [-0.2, -0.15) is 5.10 Å².